The van der Waals surface area contributed by atoms with Crippen LogP contribution in [0.1, 0.15) is 0 Å². The Morgan fingerprint density at radius 1 is 0.941 bits per heavy atom. The molecule has 1 heterocycles. The van der Waals surface area contributed by atoms with Crippen molar-refractivity contribution in [1.82, 2.24) is 4.98 Å². The second-order valence-corrected chi connectivity index (χ2v) is 3.67. The molecule has 0 atom stereocenters. The van der Waals surface area contributed by atoms with E-state index in [-0.39, 0.29) is 0 Å². The predicted molar refractivity (Wildman–Crippen MR) is 66.8 cm³/mol. The van der Waals surface area contributed by atoms with Gasteiger partial charge in [0.05, 0.1) is 5.69 Å². The fourth-order valence-electron chi connectivity index (χ4n) is 1.66. The highest BCUT2D eigenvalue weighted by molar-refractivity contribution is 5.75. The van der Waals surface area contributed by atoms with Gasteiger partial charge in [-0.2, -0.15) is 4.98 Å². The van der Waals surface area contributed by atoms with Gasteiger partial charge in [-0.05, 0) is 24.3 Å². The van der Waals surface area contributed by atoms with Crippen LogP contribution in [0.15, 0.2) is 59.0 Å². The van der Waals surface area contributed by atoms with Gasteiger partial charge in [-0.1, -0.05) is 30.3 Å². The molecule has 3 aromatic rings. The molecule has 0 aliphatic heterocycles. The van der Waals surface area contributed by atoms with Crippen molar-refractivity contribution in [3.63, 3.8) is 0 Å². The number of benzene rings is 2. The van der Waals surface area contributed by atoms with E-state index in [1.165, 1.54) is 5.01 Å². The Bertz CT molecular complexity index is 600. The number of anilines is 2. The van der Waals surface area contributed by atoms with Gasteiger partial charge in [-0.15, -0.1) is 0 Å². The van der Waals surface area contributed by atoms with Gasteiger partial charge >= 0.3 is 6.01 Å². The van der Waals surface area contributed by atoms with Crippen LogP contribution >= 0.6 is 0 Å². The highest BCUT2D eigenvalue weighted by Crippen LogP contribution is 2.24. The Labute approximate surface area is 98.3 Å². The zero-order valence-corrected chi connectivity index (χ0v) is 9.08. The van der Waals surface area contributed by atoms with Crippen LogP contribution in [0.4, 0.5) is 11.7 Å². The molecule has 0 fully saturated rings. The van der Waals surface area contributed by atoms with Crippen LogP contribution in [0.25, 0.3) is 11.1 Å². The van der Waals surface area contributed by atoms with Crippen LogP contribution in [0.5, 0.6) is 0 Å². The van der Waals surface area contributed by atoms with E-state index in [9.17, 15) is 0 Å². The second kappa shape index (κ2) is 3.92. The molecule has 0 unspecified atom stereocenters. The summed E-state index contributed by atoms with van der Waals surface area (Å²) in [6, 6.07) is 17.5. The van der Waals surface area contributed by atoms with E-state index in [0.717, 1.165) is 16.8 Å². The quantitative estimate of drug-likeness (QED) is 0.538. The van der Waals surface area contributed by atoms with Gasteiger partial charge in [0.1, 0.15) is 5.52 Å². The van der Waals surface area contributed by atoms with E-state index >= 15 is 0 Å². The topological polar surface area (TPSA) is 55.3 Å². The minimum atomic E-state index is 0.386. The van der Waals surface area contributed by atoms with Crippen LogP contribution in [-0.2, 0) is 0 Å². The summed E-state index contributed by atoms with van der Waals surface area (Å²) < 4.78 is 5.57. The van der Waals surface area contributed by atoms with Crippen molar-refractivity contribution < 1.29 is 4.42 Å². The van der Waals surface area contributed by atoms with E-state index in [1.807, 2.05) is 54.6 Å². The van der Waals surface area contributed by atoms with Crippen molar-refractivity contribution in [3.8, 4) is 0 Å². The molecule has 0 saturated heterocycles. The number of fused-ring (bicyclic) bond motifs is 1. The third-order valence-corrected chi connectivity index (χ3v) is 2.52. The molecule has 0 spiro atoms. The van der Waals surface area contributed by atoms with Crippen LogP contribution in [0.3, 0.4) is 0 Å². The fraction of sp³-hybridized carbons (Fsp3) is 0. The molecule has 17 heavy (non-hydrogen) atoms. The average molecular weight is 225 g/mol. The summed E-state index contributed by atoms with van der Waals surface area (Å²) in [7, 11) is 0. The van der Waals surface area contributed by atoms with Gasteiger partial charge < -0.3 is 4.42 Å². The van der Waals surface area contributed by atoms with E-state index in [0.29, 0.717) is 6.01 Å². The van der Waals surface area contributed by atoms with Crippen LogP contribution in [-0.4, -0.2) is 4.98 Å². The lowest BCUT2D eigenvalue weighted by Gasteiger charge is -2.12. The molecule has 3 rings (SSSR count). The number of nitrogens with two attached hydrogens (primary N) is 1. The van der Waals surface area contributed by atoms with Crippen molar-refractivity contribution in [1.29, 1.82) is 0 Å². The van der Waals surface area contributed by atoms with E-state index in [1.54, 1.807) is 0 Å². The molecular formula is C13H11N3O. The molecule has 0 amide bonds. The minimum absolute atomic E-state index is 0.386. The van der Waals surface area contributed by atoms with Crippen LogP contribution < -0.4 is 10.9 Å². The van der Waals surface area contributed by atoms with Crippen molar-refractivity contribution >= 4 is 22.8 Å². The molecule has 0 radical (unpaired) electrons. The largest absolute Gasteiger partial charge is 0.422 e. The summed E-state index contributed by atoms with van der Waals surface area (Å²) >= 11 is 0. The van der Waals surface area contributed by atoms with E-state index in [2.05, 4.69) is 4.98 Å². The maximum Gasteiger partial charge on any atom is 0.317 e. The Hall–Kier alpha value is -2.33. The maximum atomic E-state index is 5.96. The SMILES string of the molecule is NN(c1ccccc1)c1nc2ccccc2o1. The monoisotopic (exact) mass is 225 g/mol. The molecule has 2 N–H and O–H groups in total. The number of rotatable bonds is 2. The smallest absolute Gasteiger partial charge is 0.317 e. The number of aromatic nitrogens is 1. The number of hydrogen-bond donors (Lipinski definition) is 1. The van der Waals surface area contributed by atoms with Crippen LogP contribution in [0, 0.1) is 0 Å². The van der Waals surface area contributed by atoms with Crippen molar-refractivity contribution in [3.05, 3.63) is 54.6 Å². The predicted octanol–water partition coefficient (Wildman–Crippen LogP) is 2.84. The van der Waals surface area contributed by atoms with Crippen LogP contribution in [0.2, 0.25) is 0 Å². The van der Waals surface area contributed by atoms with Gasteiger partial charge in [-0.3, -0.25) is 0 Å². The molecule has 4 heteroatoms. The zero-order chi connectivity index (χ0) is 11.7. The van der Waals surface area contributed by atoms with Crippen molar-refractivity contribution in [2.24, 2.45) is 5.84 Å². The summed E-state index contributed by atoms with van der Waals surface area (Å²) in [4.78, 5) is 4.32. The molecule has 0 aliphatic carbocycles. The Balaban J connectivity index is 2.04. The first-order valence-corrected chi connectivity index (χ1v) is 5.30. The average Bonchev–Trinajstić information content (AvgIpc) is 2.82. The molecule has 0 bridgehead atoms. The molecule has 2 aromatic carbocycles. The second-order valence-electron chi connectivity index (χ2n) is 3.67. The summed E-state index contributed by atoms with van der Waals surface area (Å²) in [6.45, 7) is 0. The van der Waals surface area contributed by atoms with E-state index in [4.69, 9.17) is 10.3 Å². The first-order chi connectivity index (χ1) is 8.34. The summed E-state index contributed by atoms with van der Waals surface area (Å²) in [6.07, 6.45) is 0. The fourth-order valence-corrected chi connectivity index (χ4v) is 1.66. The Morgan fingerprint density at radius 2 is 1.65 bits per heavy atom. The number of oxazole rings is 1. The number of hydrogen-bond acceptors (Lipinski definition) is 4. The molecule has 0 aliphatic rings. The van der Waals surface area contributed by atoms with Crippen molar-refractivity contribution in [2.45, 2.75) is 0 Å². The number of hydrazine groups is 1. The first-order valence-electron chi connectivity index (χ1n) is 5.30. The number of para-hydroxylation sites is 3. The lowest BCUT2D eigenvalue weighted by Crippen LogP contribution is -2.24. The summed E-state index contributed by atoms with van der Waals surface area (Å²) in [5.74, 6) is 5.96. The summed E-state index contributed by atoms with van der Waals surface area (Å²) in [5, 5.41) is 1.43. The molecule has 0 saturated carbocycles. The molecular weight excluding hydrogens is 214 g/mol. The highest BCUT2D eigenvalue weighted by Gasteiger charge is 2.11. The maximum absolute atomic E-state index is 5.96. The van der Waals surface area contributed by atoms with Gasteiger partial charge in [-0.25, -0.2) is 10.9 Å². The van der Waals surface area contributed by atoms with Gasteiger partial charge in [0.25, 0.3) is 0 Å². The molecule has 1 aromatic heterocycles. The van der Waals surface area contributed by atoms with Gasteiger partial charge in [0.2, 0.25) is 0 Å². The lowest BCUT2D eigenvalue weighted by molar-refractivity contribution is 0.596. The van der Waals surface area contributed by atoms with Gasteiger partial charge in [0.15, 0.2) is 5.58 Å². The third-order valence-electron chi connectivity index (χ3n) is 2.52. The number of nitrogens with zero attached hydrogens (tertiary/aromatic N) is 2. The third kappa shape index (κ3) is 1.74. The normalized spacial score (nSPS) is 10.6. The van der Waals surface area contributed by atoms with Gasteiger partial charge in [0, 0.05) is 0 Å². The molecule has 4 nitrogen and oxygen atoms in total. The Kier molecular flexibility index (Phi) is 2.27. The highest BCUT2D eigenvalue weighted by atomic mass is 16.4. The Morgan fingerprint density at radius 3 is 2.41 bits per heavy atom. The standard InChI is InChI=1S/C13H11N3O/c14-16(10-6-2-1-3-7-10)13-15-11-8-4-5-9-12(11)17-13/h1-9H,14H2. The minimum Gasteiger partial charge on any atom is -0.422 e. The zero-order valence-electron chi connectivity index (χ0n) is 9.08. The summed E-state index contributed by atoms with van der Waals surface area (Å²) in [5.41, 5.74) is 2.36. The lowest BCUT2D eigenvalue weighted by atomic mass is 10.3. The molecule has 84 valence electrons. The first kappa shape index (κ1) is 9.86. The van der Waals surface area contributed by atoms with Crippen molar-refractivity contribution in [2.75, 3.05) is 5.01 Å². The van der Waals surface area contributed by atoms with E-state index < -0.39 is 0 Å².